The predicted molar refractivity (Wildman–Crippen MR) is 105 cm³/mol. The molecule has 0 aliphatic heterocycles. The summed E-state index contributed by atoms with van der Waals surface area (Å²) in [5.74, 6) is 6.06. The van der Waals surface area contributed by atoms with Crippen LogP contribution in [0.15, 0.2) is 59.5 Å². The lowest BCUT2D eigenvalue weighted by molar-refractivity contribution is -0.333. The zero-order chi connectivity index (χ0) is 19.5. The van der Waals surface area contributed by atoms with Gasteiger partial charge < -0.3 is 0 Å². The first-order valence-corrected chi connectivity index (χ1v) is 10.4. The van der Waals surface area contributed by atoms with Crippen LogP contribution in [0, 0.1) is 18.8 Å². The van der Waals surface area contributed by atoms with E-state index in [9.17, 15) is 8.42 Å². The fourth-order valence-corrected chi connectivity index (χ4v) is 3.00. The fourth-order valence-electron chi connectivity index (χ4n) is 2.28. The average molecular weight is 388 g/mol. The number of benzene rings is 2. The summed E-state index contributed by atoms with van der Waals surface area (Å²) in [5.41, 5.74) is 1.99. The first-order valence-electron chi connectivity index (χ1n) is 8.94. The molecular formula is C21H25NO4S. The van der Waals surface area contributed by atoms with Crippen molar-refractivity contribution >= 4 is 10.0 Å². The maximum absolute atomic E-state index is 12.2. The number of hydrogen-bond acceptors (Lipinski definition) is 4. The molecule has 0 aliphatic rings. The van der Waals surface area contributed by atoms with Crippen molar-refractivity contribution in [3.8, 4) is 11.8 Å². The molecule has 0 aromatic heterocycles. The smallest absolute Gasteiger partial charge is 0.205 e. The Morgan fingerprint density at radius 2 is 1.78 bits per heavy atom. The molecule has 144 valence electrons. The summed E-state index contributed by atoms with van der Waals surface area (Å²) in [5, 5.41) is 0. The van der Waals surface area contributed by atoms with E-state index in [1.807, 2.05) is 42.1 Å². The molecule has 1 atom stereocenters. The van der Waals surface area contributed by atoms with Crippen molar-refractivity contribution in [2.75, 3.05) is 0 Å². The van der Waals surface area contributed by atoms with E-state index in [1.54, 1.807) is 12.1 Å². The molecule has 2 aromatic rings. The third-order valence-electron chi connectivity index (χ3n) is 3.82. The molecule has 2 aromatic carbocycles. The Morgan fingerprint density at radius 1 is 1.07 bits per heavy atom. The van der Waals surface area contributed by atoms with Gasteiger partial charge in [-0.15, -0.1) is 10.9 Å². The van der Waals surface area contributed by atoms with E-state index in [1.165, 1.54) is 12.1 Å². The minimum Gasteiger partial charge on any atom is -0.205 e. The quantitative estimate of drug-likeness (QED) is 0.306. The van der Waals surface area contributed by atoms with E-state index < -0.39 is 16.1 Å². The maximum atomic E-state index is 12.2. The third-order valence-corrected chi connectivity index (χ3v) is 5.00. The van der Waals surface area contributed by atoms with Gasteiger partial charge in [0, 0.05) is 12.8 Å². The molecule has 27 heavy (non-hydrogen) atoms. The summed E-state index contributed by atoms with van der Waals surface area (Å²) in [6.45, 7) is 3.98. The summed E-state index contributed by atoms with van der Waals surface area (Å²) in [4.78, 5) is 12.2. The van der Waals surface area contributed by atoms with Gasteiger partial charge in [0.05, 0.1) is 4.90 Å². The monoisotopic (exact) mass is 387 g/mol. The molecule has 0 saturated carbocycles. The van der Waals surface area contributed by atoms with E-state index >= 15 is 0 Å². The van der Waals surface area contributed by atoms with Gasteiger partial charge in [-0.05, 0) is 31.0 Å². The molecule has 0 aliphatic carbocycles. The largest absolute Gasteiger partial charge is 0.264 e. The highest BCUT2D eigenvalue weighted by Crippen LogP contribution is 2.11. The highest BCUT2D eigenvalue weighted by atomic mass is 32.2. The lowest BCUT2D eigenvalue weighted by Crippen LogP contribution is -2.27. The molecule has 0 fully saturated rings. The minimum atomic E-state index is -3.82. The van der Waals surface area contributed by atoms with Crippen LogP contribution in [0.25, 0.3) is 0 Å². The van der Waals surface area contributed by atoms with E-state index in [2.05, 4.69) is 18.8 Å². The second kappa shape index (κ2) is 10.9. The van der Waals surface area contributed by atoms with Crippen molar-refractivity contribution in [1.82, 2.24) is 4.89 Å². The lowest BCUT2D eigenvalue weighted by atomic mass is 10.1. The van der Waals surface area contributed by atoms with Crippen LogP contribution in [0.2, 0.25) is 0 Å². The Balaban J connectivity index is 1.97. The Bertz CT molecular complexity index is 853. The van der Waals surface area contributed by atoms with Crippen LogP contribution in [0.4, 0.5) is 0 Å². The molecule has 0 amide bonds. The van der Waals surface area contributed by atoms with Crippen molar-refractivity contribution in [1.29, 1.82) is 0 Å². The highest BCUT2D eigenvalue weighted by molar-refractivity contribution is 7.89. The topological polar surface area (TPSA) is 64.6 Å². The summed E-state index contributed by atoms with van der Waals surface area (Å²) in [6.07, 6.45) is 2.74. The van der Waals surface area contributed by atoms with Crippen molar-refractivity contribution in [2.24, 2.45) is 0 Å². The van der Waals surface area contributed by atoms with Gasteiger partial charge in [0.25, 0.3) is 10.0 Å². The van der Waals surface area contributed by atoms with Crippen LogP contribution < -0.4 is 4.89 Å². The summed E-state index contributed by atoms with van der Waals surface area (Å²) >= 11 is 0. The van der Waals surface area contributed by atoms with Crippen molar-refractivity contribution < 1.29 is 18.3 Å². The summed E-state index contributed by atoms with van der Waals surface area (Å²) in [7, 11) is -3.82. The van der Waals surface area contributed by atoms with Crippen LogP contribution in [0.5, 0.6) is 0 Å². The number of hydrogen-bond donors (Lipinski definition) is 1. The molecule has 5 nitrogen and oxygen atoms in total. The van der Waals surface area contributed by atoms with E-state index in [0.717, 1.165) is 30.4 Å². The SMILES string of the molecule is CCCCC#CC(Cc1ccccc1)OONS(=O)(=O)c1ccc(C)cc1. The lowest BCUT2D eigenvalue weighted by Gasteiger charge is -2.12. The number of aryl methyl sites for hydroxylation is 1. The van der Waals surface area contributed by atoms with Crippen molar-refractivity contribution in [3.63, 3.8) is 0 Å². The molecule has 0 bridgehead atoms. The van der Waals surface area contributed by atoms with Crippen LogP contribution >= 0.6 is 0 Å². The Labute approximate surface area is 161 Å². The molecule has 2 rings (SSSR count). The number of sulfonamides is 1. The number of unbranched alkanes of at least 4 members (excludes halogenated alkanes) is 2. The normalized spacial score (nSPS) is 12.2. The van der Waals surface area contributed by atoms with Crippen LogP contribution in [0.1, 0.15) is 37.3 Å². The Hall–Kier alpha value is -2.17. The minimum absolute atomic E-state index is 0.102. The van der Waals surface area contributed by atoms with Gasteiger partial charge >= 0.3 is 0 Å². The van der Waals surface area contributed by atoms with E-state index in [-0.39, 0.29) is 4.90 Å². The number of nitrogens with one attached hydrogen (secondary N) is 1. The molecule has 0 heterocycles. The first-order chi connectivity index (χ1) is 13.0. The van der Waals surface area contributed by atoms with Crippen LogP contribution in [0.3, 0.4) is 0 Å². The molecular weight excluding hydrogens is 362 g/mol. The zero-order valence-electron chi connectivity index (χ0n) is 15.6. The van der Waals surface area contributed by atoms with Gasteiger partial charge in [-0.3, -0.25) is 0 Å². The van der Waals surface area contributed by atoms with Gasteiger partial charge in [-0.2, -0.15) is 0 Å². The van der Waals surface area contributed by atoms with Crippen LogP contribution in [-0.4, -0.2) is 14.5 Å². The number of rotatable bonds is 9. The summed E-state index contributed by atoms with van der Waals surface area (Å²) in [6, 6.07) is 16.1. The Kier molecular flexibility index (Phi) is 8.49. The maximum Gasteiger partial charge on any atom is 0.264 e. The first kappa shape index (κ1) is 21.1. The molecule has 0 spiro atoms. The average Bonchev–Trinajstić information content (AvgIpc) is 2.66. The molecule has 1 unspecified atom stereocenters. The third kappa shape index (κ3) is 7.53. The second-order valence-corrected chi connectivity index (χ2v) is 7.83. The van der Waals surface area contributed by atoms with Gasteiger partial charge in [-0.1, -0.05) is 72.2 Å². The molecule has 0 radical (unpaired) electrons. The van der Waals surface area contributed by atoms with E-state index in [0.29, 0.717) is 6.42 Å². The summed E-state index contributed by atoms with van der Waals surface area (Å²) < 4.78 is 24.5. The second-order valence-electron chi connectivity index (χ2n) is 6.18. The highest BCUT2D eigenvalue weighted by Gasteiger charge is 2.16. The van der Waals surface area contributed by atoms with Crippen molar-refractivity contribution in [3.05, 3.63) is 65.7 Å². The Morgan fingerprint density at radius 3 is 2.44 bits per heavy atom. The predicted octanol–water partition coefficient (Wildman–Crippen LogP) is 3.94. The zero-order valence-corrected chi connectivity index (χ0v) is 16.5. The van der Waals surface area contributed by atoms with Gasteiger partial charge in [0.2, 0.25) is 0 Å². The molecule has 1 N–H and O–H groups in total. The van der Waals surface area contributed by atoms with Crippen LogP contribution in [-0.2, 0) is 26.3 Å². The molecule has 0 saturated heterocycles. The van der Waals surface area contributed by atoms with Crippen molar-refractivity contribution in [2.45, 2.75) is 50.5 Å². The fraction of sp³-hybridized carbons (Fsp3) is 0.333. The van der Waals surface area contributed by atoms with E-state index in [4.69, 9.17) is 9.88 Å². The standard InChI is InChI=1S/C21H25NO4S/c1-3-4-5-9-12-20(17-19-10-7-6-8-11-19)25-26-22-27(23,24)21-15-13-18(2)14-16-21/h6-8,10-11,13-16,20,22H,3-5,17H2,1-2H3. The van der Waals surface area contributed by atoms with Gasteiger partial charge in [0.15, 0.2) is 6.10 Å². The molecule has 6 heteroatoms. The van der Waals surface area contributed by atoms with Gasteiger partial charge in [0.1, 0.15) is 0 Å². The van der Waals surface area contributed by atoms with Gasteiger partial charge in [-0.25, -0.2) is 13.3 Å².